The van der Waals surface area contributed by atoms with E-state index in [0.29, 0.717) is 25.9 Å². The number of carbonyl (C=O) groups is 2. The van der Waals surface area contributed by atoms with Crippen LogP contribution in [0.25, 0.3) is 0 Å². The Morgan fingerprint density at radius 1 is 1.19 bits per heavy atom. The van der Waals surface area contributed by atoms with Crippen molar-refractivity contribution in [2.45, 2.75) is 90.1 Å². The number of Topliss-reactive ketones (excluding diaryl/α,β-unsaturated/α-hetero) is 1. The lowest BCUT2D eigenvalue weighted by atomic mass is 9.88. The highest BCUT2D eigenvalue weighted by Gasteiger charge is 2.39. The quantitative estimate of drug-likeness (QED) is 0.294. The number of carboxylic acid groups (broad SMARTS) is 1. The van der Waals surface area contributed by atoms with Crippen LogP contribution in [0.15, 0.2) is 36.4 Å². The molecule has 1 aromatic carbocycles. The van der Waals surface area contributed by atoms with Crippen LogP contribution in [0.1, 0.15) is 69.9 Å². The van der Waals surface area contributed by atoms with Crippen molar-refractivity contribution >= 4 is 11.8 Å². The second kappa shape index (κ2) is 13.5. The van der Waals surface area contributed by atoms with Crippen LogP contribution in [0.3, 0.4) is 0 Å². The number of aliphatic hydroxyl groups excluding tert-OH is 2. The average Bonchev–Trinajstić information content (AvgIpc) is 2.99. The number of aliphatic hydroxyl groups is 2. The van der Waals surface area contributed by atoms with Gasteiger partial charge in [-0.25, -0.2) is 0 Å². The van der Waals surface area contributed by atoms with Gasteiger partial charge in [-0.05, 0) is 37.8 Å². The van der Waals surface area contributed by atoms with Gasteiger partial charge >= 0.3 is 5.97 Å². The Morgan fingerprint density at radius 2 is 1.91 bits per heavy atom. The molecule has 0 heterocycles. The molecular formula is C26H38O6. The summed E-state index contributed by atoms with van der Waals surface area (Å²) in [6.45, 7) is 4.52. The molecule has 0 spiro atoms. The number of ether oxygens (including phenoxy) is 1. The largest absolute Gasteiger partial charge is 0.481 e. The van der Waals surface area contributed by atoms with E-state index in [0.717, 1.165) is 30.4 Å². The van der Waals surface area contributed by atoms with Gasteiger partial charge in [0.05, 0.1) is 24.9 Å². The fraction of sp³-hybridized carbons (Fsp3) is 0.615. The summed E-state index contributed by atoms with van der Waals surface area (Å²) in [5, 5.41) is 29.5. The minimum absolute atomic E-state index is 0.0741. The molecule has 0 radical (unpaired) electrons. The normalized spacial score (nSPS) is 22.2. The molecule has 1 aliphatic rings. The molecule has 3 N–H and O–H groups in total. The maximum absolute atomic E-state index is 12.3. The van der Waals surface area contributed by atoms with Crippen LogP contribution in [-0.2, 0) is 27.4 Å². The average molecular weight is 447 g/mol. The fourth-order valence-electron chi connectivity index (χ4n) is 4.26. The monoisotopic (exact) mass is 446 g/mol. The molecule has 32 heavy (non-hydrogen) atoms. The zero-order valence-electron chi connectivity index (χ0n) is 19.3. The first-order valence-corrected chi connectivity index (χ1v) is 11.7. The van der Waals surface area contributed by atoms with Gasteiger partial charge in [-0.15, -0.1) is 0 Å². The summed E-state index contributed by atoms with van der Waals surface area (Å²) in [4.78, 5) is 22.9. The predicted molar refractivity (Wildman–Crippen MR) is 123 cm³/mol. The van der Waals surface area contributed by atoms with Gasteiger partial charge in [0.1, 0.15) is 5.78 Å². The van der Waals surface area contributed by atoms with Crippen LogP contribution in [0.2, 0.25) is 0 Å². The van der Waals surface area contributed by atoms with Crippen molar-refractivity contribution < 1.29 is 29.6 Å². The van der Waals surface area contributed by atoms with Gasteiger partial charge in [-0.2, -0.15) is 0 Å². The fourth-order valence-corrected chi connectivity index (χ4v) is 4.26. The molecule has 6 heteroatoms. The molecule has 178 valence electrons. The highest BCUT2D eigenvalue weighted by atomic mass is 16.5. The summed E-state index contributed by atoms with van der Waals surface area (Å²) in [7, 11) is 0. The zero-order chi connectivity index (χ0) is 23.5. The standard InChI is InChI=1S/C26H38O6/c1-18(2)32-17-20-9-7-8-19(14-20)15-21(27)12-13-23-22(24(28)16-25(23)29)10-5-3-4-6-11-26(30)31/h7-9,12-14,18,21-23,25,27,29H,3-6,10-11,15-17H2,1-2H3,(H,30,31)/b13-12+/t21?,22-,23-,25-/m1/s1. The number of aliphatic carboxylic acids is 1. The summed E-state index contributed by atoms with van der Waals surface area (Å²) in [5.74, 6) is -1.21. The lowest BCUT2D eigenvalue weighted by Gasteiger charge is -2.18. The summed E-state index contributed by atoms with van der Waals surface area (Å²) in [6.07, 6.45) is 6.93. The molecular weight excluding hydrogens is 408 g/mol. The summed E-state index contributed by atoms with van der Waals surface area (Å²) >= 11 is 0. The summed E-state index contributed by atoms with van der Waals surface area (Å²) in [6, 6.07) is 7.95. The van der Waals surface area contributed by atoms with Crippen molar-refractivity contribution in [3.63, 3.8) is 0 Å². The van der Waals surface area contributed by atoms with Gasteiger partial charge in [0.15, 0.2) is 0 Å². The van der Waals surface area contributed by atoms with Gasteiger partial charge in [0.25, 0.3) is 0 Å². The molecule has 6 nitrogen and oxygen atoms in total. The van der Waals surface area contributed by atoms with E-state index in [1.165, 1.54) is 0 Å². The minimum atomic E-state index is -0.779. The maximum Gasteiger partial charge on any atom is 0.303 e. The number of hydrogen-bond acceptors (Lipinski definition) is 5. The minimum Gasteiger partial charge on any atom is -0.481 e. The Morgan fingerprint density at radius 3 is 2.62 bits per heavy atom. The van der Waals surface area contributed by atoms with E-state index in [1.807, 2.05) is 38.1 Å². The first kappa shape index (κ1) is 26.2. The highest BCUT2D eigenvalue weighted by Crippen LogP contribution is 2.34. The Balaban J connectivity index is 1.85. The molecule has 0 bridgehead atoms. The third-order valence-corrected chi connectivity index (χ3v) is 5.96. The van der Waals surface area contributed by atoms with Gasteiger partial charge in [0.2, 0.25) is 0 Å². The molecule has 0 saturated heterocycles. The number of unbranched alkanes of at least 4 members (excludes halogenated alkanes) is 3. The third kappa shape index (κ3) is 9.23. The van der Waals surface area contributed by atoms with E-state index in [9.17, 15) is 19.8 Å². The highest BCUT2D eigenvalue weighted by molar-refractivity contribution is 5.84. The Labute approximate surface area is 191 Å². The van der Waals surface area contributed by atoms with Crippen LogP contribution < -0.4 is 0 Å². The van der Waals surface area contributed by atoms with Crippen molar-refractivity contribution in [3.05, 3.63) is 47.5 Å². The first-order chi connectivity index (χ1) is 15.3. The van der Waals surface area contributed by atoms with Crippen LogP contribution in [0.4, 0.5) is 0 Å². The van der Waals surface area contributed by atoms with Crippen molar-refractivity contribution in [1.29, 1.82) is 0 Å². The van der Waals surface area contributed by atoms with Crippen LogP contribution in [0, 0.1) is 11.8 Å². The molecule has 4 atom stereocenters. The van der Waals surface area contributed by atoms with Crippen molar-refractivity contribution in [2.24, 2.45) is 11.8 Å². The van der Waals surface area contributed by atoms with Gasteiger partial charge in [-0.3, -0.25) is 9.59 Å². The van der Waals surface area contributed by atoms with E-state index < -0.39 is 18.2 Å². The lowest BCUT2D eigenvalue weighted by Crippen LogP contribution is -2.19. The van der Waals surface area contributed by atoms with Crippen molar-refractivity contribution in [3.8, 4) is 0 Å². The molecule has 1 saturated carbocycles. The van der Waals surface area contributed by atoms with E-state index in [2.05, 4.69) is 0 Å². The Hall–Kier alpha value is -2.02. The van der Waals surface area contributed by atoms with Gasteiger partial charge in [0, 0.05) is 31.1 Å². The Kier molecular flexibility index (Phi) is 11.1. The second-order valence-corrected chi connectivity index (χ2v) is 9.10. The van der Waals surface area contributed by atoms with Crippen LogP contribution in [0.5, 0.6) is 0 Å². The predicted octanol–water partition coefficient (Wildman–Crippen LogP) is 4.06. The summed E-state index contributed by atoms with van der Waals surface area (Å²) < 4.78 is 5.64. The number of ketones is 1. The van der Waals surface area contributed by atoms with Crippen LogP contribution in [-0.4, -0.2) is 45.4 Å². The second-order valence-electron chi connectivity index (χ2n) is 9.10. The van der Waals surface area contributed by atoms with Gasteiger partial charge in [-0.1, -0.05) is 55.7 Å². The first-order valence-electron chi connectivity index (χ1n) is 11.7. The van der Waals surface area contributed by atoms with Crippen LogP contribution >= 0.6 is 0 Å². The zero-order valence-corrected chi connectivity index (χ0v) is 19.3. The molecule has 1 fully saturated rings. The van der Waals surface area contributed by atoms with Crippen molar-refractivity contribution in [1.82, 2.24) is 0 Å². The Bertz CT molecular complexity index is 756. The smallest absolute Gasteiger partial charge is 0.303 e. The van der Waals surface area contributed by atoms with Gasteiger partial charge < -0.3 is 20.1 Å². The molecule has 1 aromatic rings. The number of benzene rings is 1. The molecule has 0 aliphatic heterocycles. The summed E-state index contributed by atoms with van der Waals surface area (Å²) in [5.41, 5.74) is 2.07. The molecule has 0 aromatic heterocycles. The van der Waals surface area contributed by atoms with E-state index in [-0.39, 0.29) is 36.6 Å². The molecule has 2 rings (SSSR count). The molecule has 1 unspecified atom stereocenters. The van der Waals surface area contributed by atoms with E-state index in [4.69, 9.17) is 9.84 Å². The molecule has 0 amide bonds. The topological polar surface area (TPSA) is 104 Å². The maximum atomic E-state index is 12.3. The number of carbonyl (C=O) groups excluding carboxylic acids is 1. The number of rotatable bonds is 14. The van der Waals surface area contributed by atoms with E-state index >= 15 is 0 Å². The third-order valence-electron chi connectivity index (χ3n) is 5.96. The SMILES string of the molecule is CC(C)OCc1cccc(CC(O)/C=C/[C@H]2[C@H](O)CC(=O)[C@@H]2CCCCCCC(=O)O)c1. The van der Waals surface area contributed by atoms with Crippen molar-refractivity contribution in [2.75, 3.05) is 0 Å². The lowest BCUT2D eigenvalue weighted by molar-refractivity contribution is -0.137. The number of carboxylic acids is 1. The van der Waals surface area contributed by atoms with E-state index in [1.54, 1.807) is 12.2 Å². The number of hydrogen-bond donors (Lipinski definition) is 3. The molecule has 1 aliphatic carbocycles.